The highest BCUT2D eigenvalue weighted by molar-refractivity contribution is 5.89. The van der Waals surface area contributed by atoms with Crippen LogP contribution in [-0.2, 0) is 4.74 Å². The van der Waals surface area contributed by atoms with Gasteiger partial charge in [0.05, 0.1) is 24.2 Å². The quantitative estimate of drug-likeness (QED) is 0.910. The van der Waals surface area contributed by atoms with Gasteiger partial charge in [-0.15, -0.1) is 0 Å². The van der Waals surface area contributed by atoms with E-state index in [0.29, 0.717) is 11.5 Å². The second-order valence-electron chi connectivity index (χ2n) is 5.63. The van der Waals surface area contributed by atoms with E-state index >= 15 is 0 Å². The van der Waals surface area contributed by atoms with E-state index in [1.165, 1.54) is 0 Å². The number of urea groups is 1. The summed E-state index contributed by atoms with van der Waals surface area (Å²) in [7, 11) is 1.71. The van der Waals surface area contributed by atoms with Gasteiger partial charge in [0.1, 0.15) is 0 Å². The molecule has 1 aliphatic rings. The van der Waals surface area contributed by atoms with Gasteiger partial charge in [-0.3, -0.25) is 0 Å². The maximum atomic E-state index is 12.0. The molecule has 23 heavy (non-hydrogen) atoms. The fourth-order valence-corrected chi connectivity index (χ4v) is 2.77. The molecule has 1 fully saturated rings. The highest BCUT2D eigenvalue weighted by Gasteiger charge is 2.25. The first kappa shape index (κ1) is 15.4. The lowest BCUT2D eigenvalue weighted by atomic mass is 10.2. The number of ether oxygens (including phenoxy) is 1. The van der Waals surface area contributed by atoms with E-state index < -0.39 is 0 Å². The summed E-state index contributed by atoms with van der Waals surface area (Å²) in [6.07, 6.45) is 6.25. The van der Waals surface area contributed by atoms with Crippen LogP contribution in [0.3, 0.4) is 0 Å². The van der Waals surface area contributed by atoms with Gasteiger partial charge in [0, 0.05) is 18.7 Å². The topological polar surface area (TPSA) is 76.1 Å². The molecular formula is C17H20N4O2. The van der Waals surface area contributed by atoms with Crippen LogP contribution in [0.2, 0.25) is 0 Å². The van der Waals surface area contributed by atoms with Crippen molar-refractivity contribution in [2.45, 2.75) is 31.4 Å². The number of carbonyl (C=O) groups excluding carboxylic acids is 1. The Hall–Kier alpha value is -2.47. The van der Waals surface area contributed by atoms with Gasteiger partial charge < -0.3 is 15.4 Å². The lowest BCUT2D eigenvalue weighted by molar-refractivity contribution is 0.107. The third-order valence-electron chi connectivity index (χ3n) is 3.99. The smallest absolute Gasteiger partial charge is 0.319 e. The van der Waals surface area contributed by atoms with Crippen molar-refractivity contribution in [3.8, 4) is 11.4 Å². The van der Waals surface area contributed by atoms with Gasteiger partial charge in [0.25, 0.3) is 0 Å². The fourth-order valence-electron chi connectivity index (χ4n) is 2.77. The molecule has 2 aromatic rings. The first-order chi connectivity index (χ1) is 11.2. The molecule has 2 amide bonds. The third-order valence-corrected chi connectivity index (χ3v) is 3.99. The van der Waals surface area contributed by atoms with E-state index in [0.717, 1.165) is 24.8 Å². The number of methoxy groups -OCH3 is 1. The van der Waals surface area contributed by atoms with Crippen molar-refractivity contribution in [2.75, 3.05) is 12.4 Å². The van der Waals surface area contributed by atoms with E-state index in [4.69, 9.17) is 4.74 Å². The second-order valence-corrected chi connectivity index (χ2v) is 5.63. The standard InChI is InChI=1S/C17H20N4O2/c1-23-15-8-7-13(9-15)20-17(22)21-14-10-18-16(19-11-14)12-5-3-2-4-6-12/h2-6,10-11,13,15H,7-9H2,1H3,(H2,20,21,22). The number of rotatable bonds is 4. The fraction of sp³-hybridized carbons (Fsp3) is 0.353. The summed E-state index contributed by atoms with van der Waals surface area (Å²) in [6.45, 7) is 0. The zero-order valence-electron chi connectivity index (χ0n) is 13.0. The average Bonchev–Trinajstić information content (AvgIpc) is 3.04. The lowest BCUT2D eigenvalue weighted by Gasteiger charge is -2.13. The number of hydrogen-bond donors (Lipinski definition) is 2. The zero-order valence-corrected chi connectivity index (χ0v) is 13.0. The van der Waals surface area contributed by atoms with E-state index in [1.807, 2.05) is 30.3 Å². The van der Waals surface area contributed by atoms with E-state index in [1.54, 1.807) is 19.5 Å². The minimum absolute atomic E-state index is 0.157. The largest absolute Gasteiger partial charge is 0.381 e. The molecule has 0 aliphatic heterocycles. The molecule has 1 aromatic heterocycles. The van der Waals surface area contributed by atoms with Crippen molar-refractivity contribution in [3.63, 3.8) is 0 Å². The van der Waals surface area contributed by atoms with Crippen LogP contribution in [0.5, 0.6) is 0 Å². The van der Waals surface area contributed by atoms with Crippen molar-refractivity contribution in [3.05, 3.63) is 42.7 Å². The summed E-state index contributed by atoms with van der Waals surface area (Å²) in [5.74, 6) is 0.635. The molecule has 1 saturated carbocycles. The molecule has 0 saturated heterocycles. The van der Waals surface area contributed by atoms with E-state index in [2.05, 4.69) is 20.6 Å². The Morgan fingerprint density at radius 2 is 1.91 bits per heavy atom. The summed E-state index contributed by atoms with van der Waals surface area (Å²) in [4.78, 5) is 20.6. The molecule has 6 nitrogen and oxygen atoms in total. The van der Waals surface area contributed by atoms with Gasteiger partial charge in [0.15, 0.2) is 5.82 Å². The van der Waals surface area contributed by atoms with Crippen LogP contribution >= 0.6 is 0 Å². The van der Waals surface area contributed by atoms with Gasteiger partial charge in [-0.2, -0.15) is 0 Å². The number of nitrogens with one attached hydrogen (secondary N) is 2. The minimum atomic E-state index is -0.234. The van der Waals surface area contributed by atoms with E-state index in [-0.39, 0.29) is 18.2 Å². The molecule has 1 aromatic carbocycles. The van der Waals surface area contributed by atoms with Crippen LogP contribution in [0, 0.1) is 0 Å². The molecule has 120 valence electrons. The minimum Gasteiger partial charge on any atom is -0.381 e. The van der Waals surface area contributed by atoms with Crippen LogP contribution < -0.4 is 10.6 Å². The number of hydrogen-bond acceptors (Lipinski definition) is 4. The van der Waals surface area contributed by atoms with Crippen LogP contribution in [0.1, 0.15) is 19.3 Å². The van der Waals surface area contributed by atoms with Crippen molar-refractivity contribution in [1.29, 1.82) is 0 Å². The molecule has 2 unspecified atom stereocenters. The highest BCUT2D eigenvalue weighted by Crippen LogP contribution is 2.21. The van der Waals surface area contributed by atoms with Crippen molar-refractivity contribution < 1.29 is 9.53 Å². The molecule has 0 spiro atoms. The van der Waals surface area contributed by atoms with Gasteiger partial charge in [-0.25, -0.2) is 14.8 Å². The summed E-state index contributed by atoms with van der Waals surface area (Å²) >= 11 is 0. The molecule has 2 N–H and O–H groups in total. The van der Waals surface area contributed by atoms with Gasteiger partial charge in [-0.05, 0) is 19.3 Å². The van der Waals surface area contributed by atoms with Gasteiger partial charge in [0.2, 0.25) is 0 Å². The molecule has 0 radical (unpaired) electrons. The monoisotopic (exact) mass is 312 g/mol. The van der Waals surface area contributed by atoms with Gasteiger partial charge in [-0.1, -0.05) is 30.3 Å². The van der Waals surface area contributed by atoms with Crippen molar-refractivity contribution in [1.82, 2.24) is 15.3 Å². The number of carbonyl (C=O) groups is 1. The Kier molecular flexibility index (Phi) is 4.83. The maximum absolute atomic E-state index is 12.0. The summed E-state index contributed by atoms with van der Waals surface area (Å²) < 4.78 is 5.30. The Morgan fingerprint density at radius 1 is 1.17 bits per heavy atom. The third kappa shape index (κ3) is 4.04. The first-order valence-electron chi connectivity index (χ1n) is 7.72. The number of benzene rings is 1. The normalized spacial score (nSPS) is 20.2. The summed E-state index contributed by atoms with van der Waals surface area (Å²) in [5, 5.41) is 5.72. The number of nitrogens with zero attached hydrogens (tertiary/aromatic N) is 2. The predicted molar refractivity (Wildman–Crippen MR) is 88.1 cm³/mol. The van der Waals surface area contributed by atoms with Crippen LogP contribution in [0.15, 0.2) is 42.7 Å². The van der Waals surface area contributed by atoms with Crippen LogP contribution in [0.4, 0.5) is 10.5 Å². The average molecular weight is 312 g/mol. The SMILES string of the molecule is COC1CCC(NC(=O)Nc2cnc(-c3ccccc3)nc2)C1. The Morgan fingerprint density at radius 3 is 2.57 bits per heavy atom. The predicted octanol–water partition coefficient (Wildman–Crippen LogP) is 2.83. The molecule has 6 heteroatoms. The Labute approximate surface area is 135 Å². The maximum Gasteiger partial charge on any atom is 0.319 e. The Bertz CT molecular complexity index is 645. The molecule has 1 aliphatic carbocycles. The molecule has 2 atom stereocenters. The second kappa shape index (κ2) is 7.19. The molecular weight excluding hydrogens is 292 g/mol. The highest BCUT2D eigenvalue weighted by atomic mass is 16.5. The van der Waals surface area contributed by atoms with Crippen LogP contribution in [0.25, 0.3) is 11.4 Å². The molecule has 0 bridgehead atoms. The van der Waals surface area contributed by atoms with E-state index in [9.17, 15) is 4.79 Å². The summed E-state index contributed by atoms with van der Waals surface area (Å²) in [6, 6.07) is 9.64. The summed E-state index contributed by atoms with van der Waals surface area (Å²) in [5.41, 5.74) is 1.52. The lowest BCUT2D eigenvalue weighted by Crippen LogP contribution is -2.36. The number of amides is 2. The van der Waals surface area contributed by atoms with Gasteiger partial charge >= 0.3 is 6.03 Å². The number of anilines is 1. The molecule has 1 heterocycles. The zero-order chi connectivity index (χ0) is 16.1. The number of aromatic nitrogens is 2. The molecule has 3 rings (SSSR count). The first-order valence-corrected chi connectivity index (χ1v) is 7.72. The Balaban J connectivity index is 1.55. The van der Waals surface area contributed by atoms with Crippen LogP contribution in [-0.4, -0.2) is 35.3 Å². The van der Waals surface area contributed by atoms with Crippen molar-refractivity contribution >= 4 is 11.7 Å². The van der Waals surface area contributed by atoms with Crippen molar-refractivity contribution in [2.24, 2.45) is 0 Å².